The Morgan fingerprint density at radius 1 is 0.962 bits per heavy atom. The van der Waals surface area contributed by atoms with Gasteiger partial charge in [0.1, 0.15) is 17.3 Å². The summed E-state index contributed by atoms with van der Waals surface area (Å²) < 4.78 is 11.3. The number of para-hydroxylation sites is 1. The Labute approximate surface area is 155 Å². The van der Waals surface area contributed by atoms with Gasteiger partial charge in [-0.3, -0.25) is 0 Å². The van der Waals surface area contributed by atoms with Crippen molar-refractivity contribution >= 4 is 34.4 Å². The van der Waals surface area contributed by atoms with Crippen LogP contribution in [0.4, 0.5) is 11.5 Å². The molecular formula is C20H17N3O2S. The largest absolute Gasteiger partial charge is 0.457 e. The van der Waals surface area contributed by atoms with Gasteiger partial charge in [0.2, 0.25) is 5.71 Å². The first-order valence-corrected chi connectivity index (χ1v) is 9.05. The maximum Gasteiger partial charge on any atom is 0.230 e. The summed E-state index contributed by atoms with van der Waals surface area (Å²) in [6.45, 7) is 0. The number of rotatable bonds is 5. The molecule has 0 saturated carbocycles. The number of hydrogen-bond donors (Lipinski definition) is 2. The lowest BCUT2D eigenvalue weighted by Crippen LogP contribution is -1.95. The molecule has 4 aromatic rings. The second-order valence-electron chi connectivity index (χ2n) is 5.75. The highest BCUT2D eigenvalue weighted by molar-refractivity contribution is 7.98. The summed E-state index contributed by atoms with van der Waals surface area (Å²) in [4.78, 5) is 5.30. The third kappa shape index (κ3) is 3.45. The minimum atomic E-state index is 0.359. The van der Waals surface area contributed by atoms with Gasteiger partial charge in [-0.15, -0.1) is 11.8 Å². The molecule has 0 saturated heterocycles. The van der Waals surface area contributed by atoms with E-state index < -0.39 is 0 Å². The highest BCUT2D eigenvalue weighted by atomic mass is 32.2. The van der Waals surface area contributed by atoms with Crippen molar-refractivity contribution in [3.8, 4) is 11.5 Å². The van der Waals surface area contributed by atoms with Gasteiger partial charge in [0.25, 0.3) is 0 Å². The fraction of sp³-hybridized carbons (Fsp3) is 0.0500. The SMILES string of the molecule is Nc1cc(N)c2c(CSc3ccc(Oc4ccccc4)cc3)coc2n1. The Balaban J connectivity index is 1.45. The van der Waals surface area contributed by atoms with E-state index in [4.69, 9.17) is 20.6 Å². The molecule has 0 amide bonds. The number of thioether (sulfide) groups is 1. The van der Waals surface area contributed by atoms with E-state index in [1.807, 2.05) is 54.6 Å². The summed E-state index contributed by atoms with van der Waals surface area (Å²) in [5.41, 5.74) is 13.8. The van der Waals surface area contributed by atoms with Gasteiger partial charge in [-0.2, -0.15) is 4.98 Å². The van der Waals surface area contributed by atoms with Crippen LogP contribution in [0.25, 0.3) is 11.1 Å². The predicted molar refractivity (Wildman–Crippen MR) is 105 cm³/mol. The number of anilines is 2. The fourth-order valence-electron chi connectivity index (χ4n) is 2.65. The molecule has 4 rings (SSSR count). The molecule has 130 valence electrons. The van der Waals surface area contributed by atoms with Crippen LogP contribution in [0.5, 0.6) is 11.5 Å². The number of fused-ring (bicyclic) bond motifs is 1. The molecule has 6 heteroatoms. The molecule has 0 aliphatic carbocycles. The molecule has 0 spiro atoms. The van der Waals surface area contributed by atoms with Crippen LogP contribution in [0.2, 0.25) is 0 Å². The zero-order valence-corrected chi connectivity index (χ0v) is 14.7. The molecule has 0 aliphatic rings. The molecule has 0 fully saturated rings. The van der Waals surface area contributed by atoms with Crippen molar-refractivity contribution in [2.24, 2.45) is 0 Å². The predicted octanol–water partition coefficient (Wildman–Crippen LogP) is 5.08. The average Bonchev–Trinajstić information content (AvgIpc) is 3.05. The molecule has 4 N–H and O–H groups in total. The van der Waals surface area contributed by atoms with Crippen LogP contribution in [0.15, 0.2) is 76.2 Å². The van der Waals surface area contributed by atoms with E-state index in [1.165, 1.54) is 0 Å². The Hall–Kier alpha value is -3.12. The van der Waals surface area contributed by atoms with E-state index in [-0.39, 0.29) is 0 Å². The van der Waals surface area contributed by atoms with Crippen molar-refractivity contribution in [2.45, 2.75) is 10.6 Å². The molecule has 2 aromatic heterocycles. The zero-order chi connectivity index (χ0) is 17.9. The lowest BCUT2D eigenvalue weighted by molar-refractivity contribution is 0.482. The number of ether oxygens (including phenoxy) is 1. The van der Waals surface area contributed by atoms with Crippen LogP contribution in [0.1, 0.15) is 5.56 Å². The van der Waals surface area contributed by atoms with Gasteiger partial charge >= 0.3 is 0 Å². The number of furan rings is 1. The number of nitrogens with zero attached hydrogens (tertiary/aromatic N) is 1. The smallest absolute Gasteiger partial charge is 0.230 e. The normalized spacial score (nSPS) is 10.9. The van der Waals surface area contributed by atoms with Crippen LogP contribution < -0.4 is 16.2 Å². The Morgan fingerprint density at radius 3 is 2.46 bits per heavy atom. The standard InChI is InChI=1S/C20H17N3O2S/c21-17-10-18(22)23-20-19(17)13(11-24-20)12-26-16-8-6-15(7-9-16)25-14-4-2-1-3-5-14/h1-11H,12H2,(H4,21,22,23). The van der Waals surface area contributed by atoms with Gasteiger partial charge in [0.15, 0.2) is 0 Å². The number of benzene rings is 2. The Morgan fingerprint density at radius 2 is 1.69 bits per heavy atom. The molecule has 0 unspecified atom stereocenters. The third-order valence-corrected chi connectivity index (χ3v) is 4.93. The minimum Gasteiger partial charge on any atom is -0.457 e. The van der Waals surface area contributed by atoms with Crippen molar-refractivity contribution < 1.29 is 9.15 Å². The summed E-state index contributed by atoms with van der Waals surface area (Å²) in [7, 11) is 0. The van der Waals surface area contributed by atoms with E-state index in [0.29, 0.717) is 17.2 Å². The number of pyridine rings is 1. The first kappa shape index (κ1) is 16.4. The summed E-state index contributed by atoms with van der Waals surface area (Å²) in [5, 5.41) is 0.829. The van der Waals surface area contributed by atoms with Crippen LogP contribution in [0, 0.1) is 0 Å². The molecule has 0 radical (unpaired) electrons. The van der Waals surface area contributed by atoms with Crippen LogP contribution >= 0.6 is 11.8 Å². The van der Waals surface area contributed by atoms with Crippen molar-refractivity contribution in [1.29, 1.82) is 0 Å². The second kappa shape index (κ2) is 7.01. The maximum atomic E-state index is 6.06. The lowest BCUT2D eigenvalue weighted by Gasteiger charge is -2.06. The van der Waals surface area contributed by atoms with Gasteiger partial charge in [-0.1, -0.05) is 18.2 Å². The lowest BCUT2D eigenvalue weighted by atomic mass is 10.2. The highest BCUT2D eigenvalue weighted by Crippen LogP contribution is 2.33. The number of nitrogens with two attached hydrogens (primary N) is 2. The van der Waals surface area contributed by atoms with Crippen LogP contribution in [0.3, 0.4) is 0 Å². The number of hydrogen-bond acceptors (Lipinski definition) is 6. The molecular weight excluding hydrogens is 346 g/mol. The second-order valence-corrected chi connectivity index (χ2v) is 6.80. The summed E-state index contributed by atoms with van der Waals surface area (Å²) >= 11 is 1.69. The first-order chi connectivity index (χ1) is 12.7. The molecule has 26 heavy (non-hydrogen) atoms. The van der Waals surface area contributed by atoms with Crippen LogP contribution in [-0.2, 0) is 5.75 Å². The fourth-order valence-corrected chi connectivity index (χ4v) is 3.51. The molecule has 2 aromatic carbocycles. The van der Waals surface area contributed by atoms with Crippen molar-refractivity contribution in [3.05, 3.63) is 72.5 Å². The molecule has 0 atom stereocenters. The van der Waals surface area contributed by atoms with Gasteiger partial charge in [-0.05, 0) is 36.4 Å². The van der Waals surface area contributed by atoms with Gasteiger partial charge in [0.05, 0.1) is 11.6 Å². The summed E-state index contributed by atoms with van der Waals surface area (Å²) in [6, 6.07) is 19.3. The topological polar surface area (TPSA) is 87.3 Å². The molecule has 0 bridgehead atoms. The quantitative estimate of drug-likeness (QED) is 0.481. The average molecular weight is 363 g/mol. The highest BCUT2D eigenvalue weighted by Gasteiger charge is 2.12. The van der Waals surface area contributed by atoms with E-state index >= 15 is 0 Å². The molecule has 5 nitrogen and oxygen atoms in total. The van der Waals surface area contributed by atoms with Crippen molar-refractivity contribution in [3.63, 3.8) is 0 Å². The summed E-state index contributed by atoms with van der Waals surface area (Å²) in [6.07, 6.45) is 1.69. The van der Waals surface area contributed by atoms with Gasteiger partial charge in [0, 0.05) is 28.0 Å². The van der Waals surface area contributed by atoms with E-state index in [0.717, 1.165) is 33.1 Å². The summed E-state index contributed by atoms with van der Waals surface area (Å²) in [5.74, 6) is 2.71. The molecule has 0 aliphatic heterocycles. The van der Waals surface area contributed by atoms with Crippen LogP contribution in [-0.4, -0.2) is 4.98 Å². The Kier molecular flexibility index (Phi) is 4.41. The zero-order valence-electron chi connectivity index (χ0n) is 13.9. The maximum absolute atomic E-state index is 6.06. The van der Waals surface area contributed by atoms with E-state index in [2.05, 4.69) is 4.98 Å². The molecule has 2 heterocycles. The Bertz CT molecular complexity index is 1030. The van der Waals surface area contributed by atoms with Gasteiger partial charge < -0.3 is 20.6 Å². The van der Waals surface area contributed by atoms with E-state index in [9.17, 15) is 0 Å². The first-order valence-electron chi connectivity index (χ1n) is 8.07. The third-order valence-electron chi connectivity index (χ3n) is 3.87. The van der Waals surface area contributed by atoms with Crippen molar-refractivity contribution in [1.82, 2.24) is 4.98 Å². The number of aromatic nitrogens is 1. The van der Waals surface area contributed by atoms with Crippen molar-refractivity contribution in [2.75, 3.05) is 11.5 Å². The number of nitrogen functional groups attached to an aromatic ring is 2. The van der Waals surface area contributed by atoms with Gasteiger partial charge in [-0.25, -0.2) is 0 Å². The monoisotopic (exact) mass is 363 g/mol. The minimum absolute atomic E-state index is 0.359. The van der Waals surface area contributed by atoms with E-state index in [1.54, 1.807) is 24.1 Å².